The summed E-state index contributed by atoms with van der Waals surface area (Å²) in [5.74, 6) is 1.66. The van der Waals surface area contributed by atoms with Gasteiger partial charge in [0.2, 0.25) is 0 Å². The van der Waals surface area contributed by atoms with E-state index in [1.165, 1.54) is 0 Å². The highest BCUT2D eigenvalue weighted by molar-refractivity contribution is 7.84. The van der Waals surface area contributed by atoms with Crippen LogP contribution in [0.2, 0.25) is 0 Å². The first kappa shape index (κ1) is 13.4. The minimum absolute atomic E-state index is 0.0505. The van der Waals surface area contributed by atoms with Gasteiger partial charge < -0.3 is 5.73 Å². The summed E-state index contributed by atoms with van der Waals surface area (Å²) in [7, 11) is -0.848. The first-order chi connectivity index (χ1) is 7.63. The van der Waals surface area contributed by atoms with Crippen LogP contribution in [0.3, 0.4) is 0 Å². The molecule has 0 aliphatic heterocycles. The number of hydrogen-bond acceptors (Lipinski definition) is 2. The van der Waals surface area contributed by atoms with Crippen LogP contribution in [0.15, 0.2) is 30.3 Å². The van der Waals surface area contributed by atoms with E-state index in [0.29, 0.717) is 17.4 Å². The molecule has 0 saturated carbocycles. The Morgan fingerprint density at radius 2 is 1.94 bits per heavy atom. The lowest BCUT2D eigenvalue weighted by Gasteiger charge is -2.17. The van der Waals surface area contributed by atoms with Gasteiger partial charge in [-0.2, -0.15) is 0 Å². The van der Waals surface area contributed by atoms with Crippen LogP contribution < -0.4 is 5.73 Å². The van der Waals surface area contributed by atoms with Gasteiger partial charge in [0.1, 0.15) is 0 Å². The van der Waals surface area contributed by atoms with Gasteiger partial charge in [-0.05, 0) is 11.5 Å². The van der Waals surface area contributed by atoms with Crippen molar-refractivity contribution in [3.63, 3.8) is 0 Å². The van der Waals surface area contributed by atoms with E-state index in [2.05, 4.69) is 13.8 Å². The van der Waals surface area contributed by atoms with Gasteiger partial charge in [-0.1, -0.05) is 50.6 Å². The summed E-state index contributed by atoms with van der Waals surface area (Å²) in [4.78, 5) is 0. The molecule has 0 bridgehead atoms. The third kappa shape index (κ3) is 4.45. The highest BCUT2D eigenvalue weighted by Gasteiger charge is 2.14. The maximum absolute atomic E-state index is 11.9. The maximum Gasteiger partial charge on any atom is 0.0486 e. The Balaban J connectivity index is 2.42. The molecule has 2 nitrogen and oxygen atoms in total. The fourth-order valence-electron chi connectivity index (χ4n) is 1.50. The number of rotatable bonds is 6. The quantitative estimate of drug-likeness (QED) is 0.828. The predicted octanol–water partition coefficient (Wildman–Crippen LogP) is 2.31. The summed E-state index contributed by atoms with van der Waals surface area (Å²) in [6.45, 7) is 4.23. The van der Waals surface area contributed by atoms with E-state index >= 15 is 0 Å². The van der Waals surface area contributed by atoms with E-state index in [1.807, 2.05) is 30.3 Å². The standard InChI is InChI=1S/C13H21NOS/c1-3-11(2)13(14)10-16(15)9-12-7-5-4-6-8-12/h4-8,11,13H,3,9-10,14H2,1-2H3. The van der Waals surface area contributed by atoms with Crippen LogP contribution in [0.4, 0.5) is 0 Å². The zero-order valence-electron chi connectivity index (χ0n) is 10.1. The molecule has 3 unspecified atom stereocenters. The van der Waals surface area contributed by atoms with Crippen molar-refractivity contribution in [3.8, 4) is 0 Å². The minimum atomic E-state index is -0.848. The molecule has 1 aromatic rings. The molecule has 2 N–H and O–H groups in total. The summed E-state index contributed by atoms with van der Waals surface area (Å²) in [6.07, 6.45) is 1.05. The smallest absolute Gasteiger partial charge is 0.0486 e. The number of benzene rings is 1. The molecule has 0 amide bonds. The van der Waals surface area contributed by atoms with E-state index in [-0.39, 0.29) is 6.04 Å². The van der Waals surface area contributed by atoms with Crippen LogP contribution in [0.1, 0.15) is 25.8 Å². The molecular formula is C13H21NOS. The first-order valence-electron chi connectivity index (χ1n) is 5.78. The Morgan fingerprint density at radius 1 is 1.31 bits per heavy atom. The van der Waals surface area contributed by atoms with Crippen LogP contribution in [-0.2, 0) is 16.6 Å². The summed E-state index contributed by atoms with van der Waals surface area (Å²) in [5, 5.41) is 0. The molecule has 0 aliphatic carbocycles. The molecule has 1 rings (SSSR count). The maximum atomic E-state index is 11.9. The minimum Gasteiger partial charge on any atom is -0.327 e. The molecule has 3 heteroatoms. The Labute approximate surface area is 101 Å². The molecule has 0 aromatic heterocycles. The van der Waals surface area contributed by atoms with Crippen LogP contribution in [0.25, 0.3) is 0 Å². The molecule has 1 aromatic carbocycles. The molecule has 16 heavy (non-hydrogen) atoms. The van der Waals surface area contributed by atoms with Crippen molar-refractivity contribution >= 4 is 10.8 Å². The third-order valence-electron chi connectivity index (χ3n) is 2.92. The van der Waals surface area contributed by atoms with Crippen LogP contribution in [0, 0.1) is 5.92 Å². The lowest BCUT2D eigenvalue weighted by molar-refractivity contribution is 0.472. The molecular weight excluding hydrogens is 218 g/mol. The van der Waals surface area contributed by atoms with Crippen molar-refractivity contribution in [3.05, 3.63) is 35.9 Å². The van der Waals surface area contributed by atoms with Gasteiger partial charge in [0.25, 0.3) is 0 Å². The third-order valence-corrected chi connectivity index (χ3v) is 4.34. The van der Waals surface area contributed by atoms with Crippen LogP contribution in [-0.4, -0.2) is 16.0 Å². The van der Waals surface area contributed by atoms with Crippen LogP contribution >= 0.6 is 0 Å². The summed E-state index contributed by atoms with van der Waals surface area (Å²) in [6, 6.07) is 9.98. The molecule has 0 aliphatic rings. The lowest BCUT2D eigenvalue weighted by Crippen LogP contribution is -2.33. The van der Waals surface area contributed by atoms with Gasteiger partial charge >= 0.3 is 0 Å². The van der Waals surface area contributed by atoms with Gasteiger partial charge in [0, 0.05) is 28.3 Å². The number of hydrogen-bond donors (Lipinski definition) is 1. The fourth-order valence-corrected chi connectivity index (χ4v) is 2.94. The highest BCUT2D eigenvalue weighted by atomic mass is 32.2. The zero-order valence-corrected chi connectivity index (χ0v) is 10.9. The summed E-state index contributed by atoms with van der Waals surface area (Å²) < 4.78 is 11.9. The second-order valence-corrected chi connectivity index (χ2v) is 5.79. The van der Waals surface area contributed by atoms with E-state index in [4.69, 9.17) is 5.73 Å². The molecule has 3 atom stereocenters. The topological polar surface area (TPSA) is 43.1 Å². The molecule has 0 saturated heterocycles. The Morgan fingerprint density at radius 3 is 2.50 bits per heavy atom. The normalized spacial score (nSPS) is 16.7. The predicted molar refractivity (Wildman–Crippen MR) is 70.6 cm³/mol. The van der Waals surface area contributed by atoms with Crippen molar-refractivity contribution < 1.29 is 4.21 Å². The second kappa shape index (κ2) is 6.81. The Hall–Kier alpha value is -0.670. The highest BCUT2D eigenvalue weighted by Crippen LogP contribution is 2.09. The second-order valence-electron chi connectivity index (χ2n) is 4.29. The van der Waals surface area contributed by atoms with Gasteiger partial charge in [-0.15, -0.1) is 0 Å². The summed E-state index contributed by atoms with van der Waals surface area (Å²) >= 11 is 0. The largest absolute Gasteiger partial charge is 0.327 e. The van der Waals surface area contributed by atoms with E-state index in [9.17, 15) is 4.21 Å². The van der Waals surface area contributed by atoms with Gasteiger partial charge in [-0.25, -0.2) is 0 Å². The Kier molecular flexibility index (Phi) is 5.71. The van der Waals surface area contributed by atoms with Crippen molar-refractivity contribution in [1.29, 1.82) is 0 Å². The average molecular weight is 239 g/mol. The molecule has 0 spiro atoms. The first-order valence-corrected chi connectivity index (χ1v) is 7.26. The number of nitrogens with two attached hydrogens (primary N) is 1. The molecule has 0 fully saturated rings. The Bertz CT molecular complexity index is 326. The van der Waals surface area contributed by atoms with Gasteiger partial charge in [0.05, 0.1) is 0 Å². The van der Waals surface area contributed by atoms with Gasteiger partial charge in [-0.3, -0.25) is 4.21 Å². The van der Waals surface area contributed by atoms with Crippen molar-refractivity contribution in [2.24, 2.45) is 11.7 Å². The van der Waals surface area contributed by atoms with Crippen molar-refractivity contribution in [2.75, 3.05) is 5.75 Å². The zero-order chi connectivity index (χ0) is 12.0. The van der Waals surface area contributed by atoms with Crippen molar-refractivity contribution in [2.45, 2.75) is 32.1 Å². The lowest BCUT2D eigenvalue weighted by atomic mass is 10.0. The van der Waals surface area contributed by atoms with Crippen molar-refractivity contribution in [1.82, 2.24) is 0 Å². The molecule has 90 valence electrons. The van der Waals surface area contributed by atoms with E-state index < -0.39 is 10.8 Å². The monoisotopic (exact) mass is 239 g/mol. The van der Waals surface area contributed by atoms with Gasteiger partial charge in [0.15, 0.2) is 0 Å². The average Bonchev–Trinajstić information content (AvgIpc) is 2.29. The summed E-state index contributed by atoms with van der Waals surface area (Å²) in [5.41, 5.74) is 7.11. The fraction of sp³-hybridized carbons (Fsp3) is 0.538. The molecule has 0 heterocycles. The van der Waals surface area contributed by atoms with Crippen LogP contribution in [0.5, 0.6) is 0 Å². The SMILES string of the molecule is CCC(C)C(N)CS(=O)Cc1ccccc1. The van der Waals surface area contributed by atoms with E-state index in [0.717, 1.165) is 12.0 Å². The molecule has 0 radical (unpaired) electrons. The van der Waals surface area contributed by atoms with E-state index in [1.54, 1.807) is 0 Å².